The van der Waals surface area contributed by atoms with Crippen LogP contribution in [0.4, 0.5) is 13.2 Å². The Morgan fingerprint density at radius 2 is 1.75 bits per heavy atom. The van der Waals surface area contributed by atoms with E-state index in [1.807, 2.05) is 18.2 Å². The molecule has 0 radical (unpaired) electrons. The number of aromatic carboxylic acids is 1. The number of nitrogens with two attached hydrogens (primary N) is 1. The molecule has 4 aromatic rings. The maximum atomic E-state index is 14.2. The lowest BCUT2D eigenvalue weighted by Crippen LogP contribution is -2.43. The number of carbonyl (C=O) groups is 1. The first-order valence-electron chi connectivity index (χ1n) is 15.6. The number of hydrogen-bond acceptors (Lipinski definition) is 10. The van der Waals surface area contributed by atoms with E-state index >= 15 is 0 Å². The van der Waals surface area contributed by atoms with E-state index in [0.717, 1.165) is 66.7 Å². The highest BCUT2D eigenvalue weighted by molar-refractivity contribution is 7.16. The fourth-order valence-electron chi connectivity index (χ4n) is 5.41. The van der Waals surface area contributed by atoms with Gasteiger partial charge in [0.1, 0.15) is 35.5 Å². The van der Waals surface area contributed by atoms with Gasteiger partial charge in [-0.15, -0.1) is 11.3 Å². The number of piperazine rings is 1. The lowest BCUT2D eigenvalue weighted by atomic mass is 10.0. The first kappa shape index (κ1) is 35.6. The summed E-state index contributed by atoms with van der Waals surface area (Å²) in [4.78, 5) is 21.3. The minimum absolute atomic E-state index is 0.0179. The smallest absolute Gasteiger partial charge is 0.416 e. The molecule has 48 heavy (non-hydrogen) atoms. The van der Waals surface area contributed by atoms with Gasteiger partial charge in [0.15, 0.2) is 4.88 Å². The molecule has 3 heterocycles. The summed E-state index contributed by atoms with van der Waals surface area (Å²) in [7, 11) is 2.11. The number of carboxylic acid groups (broad SMARTS) is 1. The first-order valence-corrected chi connectivity index (χ1v) is 16.5. The fraction of sp³-hybridized carbons (Fsp3) is 0.455. The minimum Gasteiger partial charge on any atom is -0.491 e. The second-order valence-electron chi connectivity index (χ2n) is 11.5. The number of rotatable bonds is 16. The summed E-state index contributed by atoms with van der Waals surface area (Å²) in [6.07, 6.45) is -4.24. The zero-order valence-corrected chi connectivity index (χ0v) is 27.7. The molecule has 0 bridgehead atoms. The second kappa shape index (κ2) is 16.1. The fourth-order valence-corrected chi connectivity index (χ4v) is 6.33. The number of halogens is 3. The van der Waals surface area contributed by atoms with Gasteiger partial charge in [-0.3, -0.25) is 9.47 Å². The summed E-state index contributed by atoms with van der Waals surface area (Å²) in [6.45, 7) is 7.84. The molecule has 15 heteroatoms. The van der Waals surface area contributed by atoms with E-state index in [4.69, 9.17) is 24.7 Å². The topological polar surface area (TPSA) is 125 Å². The number of fused-ring (bicyclic) bond motifs is 1. The number of likely N-dealkylation sites (N-methyl/N-ethyl adjacent to an activating group) is 1. The molecule has 5 rings (SSSR count). The second-order valence-corrected chi connectivity index (χ2v) is 12.5. The van der Waals surface area contributed by atoms with E-state index in [-0.39, 0.29) is 35.2 Å². The molecule has 1 aliphatic rings. The van der Waals surface area contributed by atoms with E-state index in [1.165, 1.54) is 25.1 Å². The number of imidazole rings is 1. The molecule has 2 aromatic heterocycles. The Morgan fingerprint density at radius 3 is 2.46 bits per heavy atom. The van der Waals surface area contributed by atoms with Crippen LogP contribution < -0.4 is 15.2 Å². The third-order valence-corrected chi connectivity index (χ3v) is 9.04. The van der Waals surface area contributed by atoms with Crippen LogP contribution in [0, 0.1) is 0 Å². The lowest BCUT2D eigenvalue weighted by molar-refractivity contribution is -0.139. The largest absolute Gasteiger partial charge is 0.491 e. The van der Waals surface area contributed by atoms with Crippen LogP contribution in [-0.4, -0.2) is 103 Å². The van der Waals surface area contributed by atoms with Crippen LogP contribution in [0.2, 0.25) is 0 Å². The molecule has 2 aromatic carbocycles. The molecule has 1 saturated heterocycles. The Labute approximate surface area is 280 Å². The van der Waals surface area contributed by atoms with Gasteiger partial charge in [0.05, 0.1) is 43.0 Å². The zero-order valence-electron chi connectivity index (χ0n) is 26.9. The normalized spacial score (nSPS) is 15.2. The zero-order chi connectivity index (χ0) is 34.3. The highest BCUT2D eigenvalue weighted by Crippen LogP contribution is 2.41. The number of benzene rings is 2. The van der Waals surface area contributed by atoms with Crippen molar-refractivity contribution in [1.29, 1.82) is 0 Å². The number of hydrogen-bond donors (Lipinski definition) is 2. The Balaban J connectivity index is 1.31. The van der Waals surface area contributed by atoms with Gasteiger partial charge in [-0.05, 0) is 43.8 Å². The van der Waals surface area contributed by atoms with Crippen LogP contribution in [0.25, 0.3) is 16.0 Å². The molecule has 0 saturated carbocycles. The van der Waals surface area contributed by atoms with Gasteiger partial charge in [-0.2, -0.15) is 13.2 Å². The average molecular weight is 692 g/mol. The van der Waals surface area contributed by atoms with Crippen molar-refractivity contribution in [3.05, 3.63) is 70.4 Å². The Kier molecular flexibility index (Phi) is 11.9. The number of carboxylic acids is 1. The molecule has 0 aliphatic carbocycles. The van der Waals surface area contributed by atoms with Crippen LogP contribution in [0.1, 0.15) is 39.4 Å². The third-order valence-electron chi connectivity index (χ3n) is 7.93. The Morgan fingerprint density at radius 1 is 1.02 bits per heavy atom. The molecule has 260 valence electrons. The van der Waals surface area contributed by atoms with Crippen molar-refractivity contribution in [3.63, 3.8) is 0 Å². The van der Waals surface area contributed by atoms with E-state index in [0.29, 0.717) is 31.4 Å². The van der Waals surface area contributed by atoms with Crippen molar-refractivity contribution < 1.29 is 42.0 Å². The maximum absolute atomic E-state index is 14.2. The van der Waals surface area contributed by atoms with Gasteiger partial charge in [-0.25, -0.2) is 9.78 Å². The predicted molar refractivity (Wildman–Crippen MR) is 175 cm³/mol. The van der Waals surface area contributed by atoms with Crippen molar-refractivity contribution in [3.8, 4) is 16.5 Å². The van der Waals surface area contributed by atoms with Crippen molar-refractivity contribution in [2.45, 2.75) is 25.7 Å². The Bertz CT molecular complexity index is 1670. The highest BCUT2D eigenvalue weighted by Gasteiger charge is 2.36. The van der Waals surface area contributed by atoms with Crippen LogP contribution in [0.15, 0.2) is 48.8 Å². The third kappa shape index (κ3) is 9.03. The summed E-state index contributed by atoms with van der Waals surface area (Å²) >= 11 is 0.965. The summed E-state index contributed by atoms with van der Waals surface area (Å²) in [6, 6.07) is 11.1. The summed E-state index contributed by atoms with van der Waals surface area (Å²) in [5, 5.41) is 10.5. The summed E-state index contributed by atoms with van der Waals surface area (Å²) in [5.74, 6) is -1.27. The summed E-state index contributed by atoms with van der Waals surface area (Å²) < 4.78 is 66.4. The molecule has 0 amide bonds. The van der Waals surface area contributed by atoms with Gasteiger partial charge < -0.3 is 34.7 Å². The predicted octanol–water partition coefficient (Wildman–Crippen LogP) is 5.06. The lowest BCUT2D eigenvalue weighted by Gasteiger charge is -2.32. The van der Waals surface area contributed by atoms with E-state index < -0.39 is 23.8 Å². The number of aromatic nitrogens is 2. The van der Waals surface area contributed by atoms with Crippen molar-refractivity contribution in [2.24, 2.45) is 5.73 Å². The van der Waals surface area contributed by atoms with Gasteiger partial charge in [0.25, 0.3) is 0 Å². The molecule has 11 nitrogen and oxygen atoms in total. The standard InChI is InChI=1S/C33H40F3N5O6S/c1-22(25-5-4-24(18-26(25)33(34,35)36)46-16-15-45-14-13-44-12-7-37)47-29-19-30(48-31(29)32(42)43)41-21-38-27-6-3-23(17-28(27)41)20-40-10-8-39(2)9-11-40/h3-6,17-19,21-22H,7-16,20,37H2,1-2H3,(H,42,43). The van der Waals surface area contributed by atoms with Crippen LogP contribution in [0.3, 0.4) is 0 Å². The average Bonchev–Trinajstić information content (AvgIpc) is 3.67. The molecule has 1 atom stereocenters. The monoisotopic (exact) mass is 691 g/mol. The maximum Gasteiger partial charge on any atom is 0.416 e. The van der Waals surface area contributed by atoms with Crippen molar-refractivity contribution in [2.75, 3.05) is 72.8 Å². The first-order chi connectivity index (χ1) is 23.0. The highest BCUT2D eigenvalue weighted by atomic mass is 32.1. The van der Waals surface area contributed by atoms with E-state index in [2.05, 4.69) is 21.8 Å². The SMILES string of the molecule is CC(Oc1cc(-n2cnc3ccc(CN4CCN(C)CC4)cc32)sc1C(=O)O)c1ccc(OCCOCCOCCN)cc1C(F)(F)F. The quantitative estimate of drug-likeness (QED) is 0.154. The number of thiophene rings is 1. The molecular weight excluding hydrogens is 651 g/mol. The number of nitrogens with zero attached hydrogens (tertiary/aromatic N) is 4. The van der Waals surface area contributed by atoms with Crippen LogP contribution in [-0.2, 0) is 22.2 Å². The van der Waals surface area contributed by atoms with Gasteiger partial charge in [-0.1, -0.05) is 12.1 Å². The Hall–Kier alpha value is -3.73. The van der Waals surface area contributed by atoms with Gasteiger partial charge in [0.2, 0.25) is 0 Å². The van der Waals surface area contributed by atoms with Crippen LogP contribution >= 0.6 is 11.3 Å². The van der Waals surface area contributed by atoms with Crippen molar-refractivity contribution in [1.82, 2.24) is 19.4 Å². The molecule has 1 aliphatic heterocycles. The molecule has 1 fully saturated rings. The van der Waals surface area contributed by atoms with E-state index in [1.54, 1.807) is 10.9 Å². The molecule has 3 N–H and O–H groups in total. The van der Waals surface area contributed by atoms with Crippen LogP contribution in [0.5, 0.6) is 11.5 Å². The number of ether oxygens (including phenoxy) is 4. The minimum atomic E-state index is -4.71. The van der Waals surface area contributed by atoms with E-state index in [9.17, 15) is 23.1 Å². The molecule has 0 spiro atoms. The summed E-state index contributed by atoms with van der Waals surface area (Å²) in [5.41, 5.74) is 6.87. The van der Waals surface area contributed by atoms with Crippen molar-refractivity contribution >= 4 is 28.3 Å². The number of alkyl halides is 3. The van der Waals surface area contributed by atoms with Gasteiger partial charge >= 0.3 is 12.1 Å². The molecule has 1 unspecified atom stereocenters. The molecular formula is C33H40F3N5O6S. The van der Waals surface area contributed by atoms with Gasteiger partial charge in [0, 0.05) is 50.9 Å².